The van der Waals surface area contributed by atoms with Crippen molar-refractivity contribution in [1.82, 2.24) is 20.1 Å². The standard InChI is InChI=1S/C29H27ClN4O7S.C29H28N4O7S/c1-18(36)14-21(17-35)31-26(37)16-34-23-11-7-6-10-22(23)27(19-8-4-3-5-9-19)32-28(29(34)38)33-42(39,40)25-15-20(30)12-13-24(25)41-2;1-19(35)16-21(18-34)30-26(36)17-33-25-11-7-6-10-24(25)27(20-8-4-3-5-9-20)31-28(29(33)37)32-41(38,39)23-14-12-22(40-2)13-15-23/h3-13,15,17,21,28,33H,14,16H2,1-2H3,(H,31,37);3-15,18,21,28,32H,16-17H2,1-2H3,(H,30,36)/t2*21-,28?/m00/s1. The lowest BCUT2D eigenvalue weighted by atomic mass is 10.0. The van der Waals surface area contributed by atoms with Crippen molar-refractivity contribution in [3.8, 4) is 11.5 Å². The van der Waals surface area contributed by atoms with Crippen LogP contribution in [-0.4, -0.2) is 128 Å². The van der Waals surface area contributed by atoms with Gasteiger partial charge in [0, 0.05) is 40.1 Å². The molecule has 8 rings (SSSR count). The number of ketones is 2. The summed E-state index contributed by atoms with van der Waals surface area (Å²) in [5.74, 6) is -3.30. The van der Waals surface area contributed by atoms with Crippen LogP contribution in [0.1, 0.15) is 48.9 Å². The number of para-hydroxylation sites is 2. The number of ether oxygens (including phenoxy) is 2. The zero-order chi connectivity index (χ0) is 60.0. The van der Waals surface area contributed by atoms with Gasteiger partial charge in [-0.15, -0.1) is 0 Å². The van der Waals surface area contributed by atoms with Crippen LogP contribution in [0.15, 0.2) is 171 Å². The van der Waals surface area contributed by atoms with E-state index in [1.807, 2.05) is 6.07 Å². The molecule has 2 aliphatic heterocycles. The van der Waals surface area contributed by atoms with Gasteiger partial charge in [0.1, 0.15) is 53.6 Å². The van der Waals surface area contributed by atoms with Gasteiger partial charge in [-0.05, 0) is 68.4 Å². The fourth-order valence-corrected chi connectivity index (χ4v) is 11.3. The fraction of sp³-hybridized carbons (Fsp3) is 0.207. The van der Waals surface area contributed by atoms with E-state index in [0.29, 0.717) is 57.7 Å². The number of halogens is 1. The number of amides is 4. The minimum atomic E-state index is -4.45. The lowest BCUT2D eigenvalue weighted by Gasteiger charge is -2.25. The molecule has 0 bridgehead atoms. The summed E-state index contributed by atoms with van der Waals surface area (Å²) in [6.07, 6.45) is -2.90. The zero-order valence-corrected chi connectivity index (χ0v) is 47.3. The van der Waals surface area contributed by atoms with Crippen LogP contribution in [0.25, 0.3) is 0 Å². The van der Waals surface area contributed by atoms with Gasteiger partial charge >= 0.3 is 0 Å². The number of carbonyl (C=O) groups is 8. The second-order valence-electron chi connectivity index (χ2n) is 18.5. The molecule has 83 heavy (non-hydrogen) atoms. The second kappa shape index (κ2) is 27.6. The number of hydrogen-bond donors (Lipinski definition) is 4. The molecular formula is C58H55ClN8O14S2. The van der Waals surface area contributed by atoms with Gasteiger partial charge in [0.15, 0.2) is 12.3 Å². The fourth-order valence-electron chi connectivity index (χ4n) is 8.71. The molecule has 0 radical (unpaired) electrons. The number of rotatable bonds is 22. The summed E-state index contributed by atoms with van der Waals surface area (Å²) in [5.41, 5.74) is 3.40. The Morgan fingerprint density at radius 2 is 1.00 bits per heavy atom. The monoisotopic (exact) mass is 1190 g/mol. The van der Waals surface area contributed by atoms with Crippen LogP contribution in [0.2, 0.25) is 5.02 Å². The van der Waals surface area contributed by atoms with Crippen LogP contribution in [0.4, 0.5) is 11.4 Å². The molecule has 0 saturated carbocycles. The normalized spacial score (nSPS) is 15.6. The van der Waals surface area contributed by atoms with Crippen LogP contribution >= 0.6 is 11.6 Å². The van der Waals surface area contributed by atoms with E-state index in [0.717, 1.165) is 9.80 Å². The van der Waals surface area contributed by atoms with Gasteiger partial charge in [0.05, 0.1) is 54.0 Å². The summed E-state index contributed by atoms with van der Waals surface area (Å²) >= 11 is 6.07. The Hall–Kier alpha value is -9.07. The summed E-state index contributed by atoms with van der Waals surface area (Å²) in [4.78, 5) is 111. The van der Waals surface area contributed by atoms with E-state index in [-0.39, 0.29) is 50.7 Å². The number of fused-ring (bicyclic) bond motifs is 2. The molecule has 6 aromatic carbocycles. The van der Waals surface area contributed by atoms with Crippen molar-refractivity contribution in [2.45, 2.75) is 60.9 Å². The van der Waals surface area contributed by atoms with E-state index in [2.05, 4.69) is 30.1 Å². The van der Waals surface area contributed by atoms with Gasteiger partial charge in [-0.25, -0.2) is 16.8 Å². The number of nitrogens with one attached hydrogen (secondary N) is 4. The van der Waals surface area contributed by atoms with Crippen molar-refractivity contribution >= 4 is 102 Å². The molecular weight excluding hydrogens is 1130 g/mol. The maximum Gasteiger partial charge on any atom is 0.268 e. The van der Waals surface area contributed by atoms with Gasteiger partial charge in [-0.1, -0.05) is 109 Å². The van der Waals surface area contributed by atoms with Crippen LogP contribution in [0.3, 0.4) is 0 Å². The number of benzene rings is 6. The number of methoxy groups -OCH3 is 2. The summed E-state index contributed by atoms with van der Waals surface area (Å²) in [5, 5.41) is 5.01. The predicted octanol–water partition coefficient (Wildman–Crippen LogP) is 4.35. The van der Waals surface area contributed by atoms with Crippen molar-refractivity contribution < 1.29 is 64.7 Å². The SMILES string of the molecule is COc1ccc(Cl)cc1S(=O)(=O)NC1N=C(c2ccccc2)c2ccccc2N(CC(=O)N[C@H](C=O)CC(C)=O)C1=O.COc1ccc(S(=O)(=O)NC2N=C(c3ccccc3)c3ccccc3N(CC(=O)N[C@H](C=O)CC(C)=O)C2=O)cc1. The van der Waals surface area contributed by atoms with Crippen molar-refractivity contribution in [3.05, 3.63) is 179 Å². The largest absolute Gasteiger partial charge is 0.497 e. The number of aldehydes is 2. The Balaban J connectivity index is 0.000000239. The van der Waals surface area contributed by atoms with Crippen LogP contribution in [0.5, 0.6) is 11.5 Å². The molecule has 2 unspecified atom stereocenters. The Morgan fingerprint density at radius 1 is 0.578 bits per heavy atom. The molecule has 2 aliphatic rings. The first-order valence-corrected chi connectivity index (χ1v) is 28.6. The Labute approximate surface area is 483 Å². The molecule has 0 spiro atoms. The first-order valence-electron chi connectivity index (χ1n) is 25.2. The van der Waals surface area contributed by atoms with Gasteiger partial charge in [0.25, 0.3) is 11.8 Å². The maximum atomic E-state index is 14.0. The highest BCUT2D eigenvalue weighted by molar-refractivity contribution is 7.90. The third kappa shape index (κ3) is 15.5. The van der Waals surface area contributed by atoms with E-state index in [1.165, 1.54) is 70.5 Å². The van der Waals surface area contributed by atoms with Crippen molar-refractivity contribution in [3.63, 3.8) is 0 Å². The van der Waals surface area contributed by atoms with Crippen LogP contribution in [0, 0.1) is 0 Å². The van der Waals surface area contributed by atoms with E-state index in [1.54, 1.807) is 103 Å². The number of Topliss-reactive ketones (excluding diaryl/α,β-unsaturated/α-hetero) is 2. The van der Waals surface area contributed by atoms with Crippen molar-refractivity contribution in [1.29, 1.82) is 0 Å². The molecule has 4 N–H and O–H groups in total. The van der Waals surface area contributed by atoms with E-state index in [4.69, 9.17) is 21.1 Å². The quantitative estimate of drug-likeness (QED) is 0.0688. The van der Waals surface area contributed by atoms with E-state index in [9.17, 15) is 55.2 Å². The summed E-state index contributed by atoms with van der Waals surface area (Å²) in [7, 11) is -5.97. The Morgan fingerprint density at radius 3 is 1.41 bits per heavy atom. The van der Waals surface area contributed by atoms with Gasteiger partial charge < -0.3 is 29.7 Å². The number of nitrogens with zero attached hydrogens (tertiary/aromatic N) is 4. The number of carbonyl (C=O) groups excluding carboxylic acids is 8. The van der Waals surface area contributed by atoms with Crippen LogP contribution in [-0.2, 0) is 58.4 Å². The molecule has 0 aromatic heterocycles. The maximum absolute atomic E-state index is 14.0. The highest BCUT2D eigenvalue weighted by Crippen LogP contribution is 2.32. The molecule has 0 aliphatic carbocycles. The van der Waals surface area contributed by atoms with Gasteiger partial charge in [-0.2, -0.15) is 9.44 Å². The molecule has 4 amide bonds. The topological polar surface area (TPSA) is 303 Å². The molecule has 22 nitrogen and oxygen atoms in total. The van der Waals surface area contributed by atoms with Crippen LogP contribution < -0.4 is 39.4 Å². The highest BCUT2D eigenvalue weighted by atomic mass is 35.5. The Kier molecular flexibility index (Phi) is 20.5. The van der Waals surface area contributed by atoms with E-state index >= 15 is 0 Å². The number of anilines is 2. The van der Waals surface area contributed by atoms with Crippen molar-refractivity contribution in [2.75, 3.05) is 37.1 Å². The van der Waals surface area contributed by atoms with Gasteiger partial charge in [0.2, 0.25) is 31.9 Å². The zero-order valence-electron chi connectivity index (χ0n) is 44.9. The molecule has 25 heteroatoms. The third-order valence-electron chi connectivity index (χ3n) is 12.5. The predicted molar refractivity (Wildman–Crippen MR) is 308 cm³/mol. The first-order chi connectivity index (χ1) is 39.7. The second-order valence-corrected chi connectivity index (χ2v) is 22.4. The lowest BCUT2D eigenvalue weighted by Crippen LogP contribution is -2.51. The average molecular weight is 1190 g/mol. The number of benzodiazepines with no additional fused rings is 2. The third-order valence-corrected chi connectivity index (χ3v) is 15.6. The smallest absolute Gasteiger partial charge is 0.268 e. The molecule has 0 fully saturated rings. The minimum Gasteiger partial charge on any atom is -0.497 e. The minimum absolute atomic E-state index is 0.00914. The number of hydrogen-bond acceptors (Lipinski definition) is 16. The summed E-state index contributed by atoms with van der Waals surface area (Å²) in [6, 6.07) is 38.6. The average Bonchev–Trinajstić information content (AvgIpc) is 3.17. The summed E-state index contributed by atoms with van der Waals surface area (Å²) in [6.45, 7) is 1.43. The molecule has 6 aromatic rings. The molecule has 4 atom stereocenters. The molecule has 430 valence electrons. The molecule has 2 heterocycles. The number of aliphatic imine (C=N–C) groups is 2. The van der Waals surface area contributed by atoms with Crippen molar-refractivity contribution in [2.24, 2.45) is 9.98 Å². The lowest BCUT2D eigenvalue weighted by molar-refractivity contribution is -0.126. The highest BCUT2D eigenvalue weighted by Gasteiger charge is 2.39. The Bertz CT molecular complexity index is 3740. The summed E-state index contributed by atoms with van der Waals surface area (Å²) < 4.78 is 68.9. The first kappa shape index (κ1) is 61.5. The molecule has 0 saturated heterocycles. The van der Waals surface area contributed by atoms with Gasteiger partial charge in [-0.3, -0.25) is 48.6 Å². The number of sulfonamides is 2. The van der Waals surface area contributed by atoms with E-state index < -0.39 is 81.2 Å².